The Labute approximate surface area is 126 Å². The Kier molecular flexibility index (Phi) is 3.58. The van der Waals surface area contributed by atoms with E-state index in [-0.39, 0.29) is 18.1 Å². The van der Waals surface area contributed by atoms with Crippen molar-refractivity contribution in [3.8, 4) is 6.07 Å². The van der Waals surface area contributed by atoms with E-state index in [1.165, 1.54) is 6.07 Å². The molecule has 2 aromatic carbocycles. The van der Waals surface area contributed by atoms with E-state index in [1.807, 2.05) is 6.07 Å². The molecule has 1 heterocycles. The first-order valence-electron chi connectivity index (χ1n) is 6.72. The lowest BCUT2D eigenvalue weighted by Crippen LogP contribution is -2.14. The SMILES string of the molecule is N#Cc1cccc(NC(=O)Cc2c[nH]c3cccc(F)c23)c1. The number of nitrogens with one attached hydrogen (secondary N) is 2. The van der Waals surface area contributed by atoms with E-state index in [2.05, 4.69) is 10.3 Å². The predicted molar refractivity (Wildman–Crippen MR) is 81.7 cm³/mol. The van der Waals surface area contributed by atoms with Gasteiger partial charge < -0.3 is 10.3 Å². The first-order valence-corrected chi connectivity index (χ1v) is 6.72. The van der Waals surface area contributed by atoms with Crippen molar-refractivity contribution in [3.05, 3.63) is 65.6 Å². The van der Waals surface area contributed by atoms with Gasteiger partial charge in [-0.2, -0.15) is 5.26 Å². The molecule has 0 fully saturated rings. The molecular formula is C17H12FN3O. The molecular weight excluding hydrogens is 281 g/mol. The fraction of sp³-hybridized carbons (Fsp3) is 0.0588. The summed E-state index contributed by atoms with van der Waals surface area (Å²) in [6.45, 7) is 0. The molecule has 1 amide bonds. The molecule has 1 aromatic heterocycles. The van der Waals surface area contributed by atoms with Crippen molar-refractivity contribution in [1.29, 1.82) is 5.26 Å². The first kappa shape index (κ1) is 13.8. The second-order valence-electron chi connectivity index (χ2n) is 4.89. The van der Waals surface area contributed by atoms with Crippen LogP contribution in [0.3, 0.4) is 0 Å². The Morgan fingerprint density at radius 3 is 2.91 bits per heavy atom. The van der Waals surface area contributed by atoms with E-state index in [0.29, 0.717) is 27.7 Å². The van der Waals surface area contributed by atoms with Crippen LogP contribution in [0.5, 0.6) is 0 Å². The zero-order valence-electron chi connectivity index (χ0n) is 11.6. The second-order valence-corrected chi connectivity index (χ2v) is 4.89. The van der Waals surface area contributed by atoms with Crippen molar-refractivity contribution in [3.63, 3.8) is 0 Å². The maximum atomic E-state index is 13.9. The highest BCUT2D eigenvalue weighted by atomic mass is 19.1. The molecule has 0 bridgehead atoms. The van der Waals surface area contributed by atoms with Crippen LogP contribution in [0.4, 0.5) is 10.1 Å². The number of fused-ring (bicyclic) bond motifs is 1. The Morgan fingerprint density at radius 1 is 1.27 bits per heavy atom. The van der Waals surface area contributed by atoms with E-state index in [1.54, 1.807) is 42.6 Å². The van der Waals surface area contributed by atoms with Gasteiger partial charge in [-0.1, -0.05) is 12.1 Å². The highest BCUT2D eigenvalue weighted by molar-refractivity contribution is 5.96. The fourth-order valence-electron chi connectivity index (χ4n) is 2.39. The van der Waals surface area contributed by atoms with Gasteiger partial charge in [0.25, 0.3) is 0 Å². The topological polar surface area (TPSA) is 68.7 Å². The minimum Gasteiger partial charge on any atom is -0.361 e. The average Bonchev–Trinajstić information content (AvgIpc) is 2.91. The minimum absolute atomic E-state index is 0.0533. The minimum atomic E-state index is -0.354. The van der Waals surface area contributed by atoms with Crippen LogP contribution in [0.15, 0.2) is 48.7 Å². The monoisotopic (exact) mass is 293 g/mol. The molecule has 0 unspecified atom stereocenters. The molecule has 0 saturated heterocycles. The molecule has 22 heavy (non-hydrogen) atoms. The van der Waals surface area contributed by atoms with Crippen LogP contribution in [0.1, 0.15) is 11.1 Å². The van der Waals surface area contributed by atoms with Gasteiger partial charge in [-0.15, -0.1) is 0 Å². The molecule has 0 aliphatic rings. The zero-order valence-corrected chi connectivity index (χ0v) is 11.6. The number of nitrogens with zero attached hydrogens (tertiary/aromatic N) is 1. The summed E-state index contributed by atoms with van der Waals surface area (Å²) in [4.78, 5) is 15.1. The number of benzene rings is 2. The lowest BCUT2D eigenvalue weighted by Gasteiger charge is -2.05. The molecule has 4 nitrogen and oxygen atoms in total. The summed E-state index contributed by atoms with van der Waals surface area (Å²) < 4.78 is 13.9. The standard InChI is InChI=1S/C17H12FN3O/c18-14-5-2-6-15-17(14)12(10-20-15)8-16(22)21-13-4-1-3-11(7-13)9-19/h1-7,10,20H,8H2,(H,21,22). The van der Waals surface area contributed by atoms with Crippen molar-refractivity contribution in [2.24, 2.45) is 0 Å². The van der Waals surface area contributed by atoms with Gasteiger partial charge in [0.05, 0.1) is 18.1 Å². The van der Waals surface area contributed by atoms with E-state index in [9.17, 15) is 9.18 Å². The van der Waals surface area contributed by atoms with E-state index in [4.69, 9.17) is 5.26 Å². The molecule has 3 rings (SSSR count). The van der Waals surface area contributed by atoms with E-state index < -0.39 is 0 Å². The van der Waals surface area contributed by atoms with Crippen molar-refractivity contribution in [1.82, 2.24) is 4.98 Å². The maximum Gasteiger partial charge on any atom is 0.228 e. The van der Waals surface area contributed by atoms with Crippen LogP contribution < -0.4 is 5.32 Å². The highest BCUT2D eigenvalue weighted by Crippen LogP contribution is 2.22. The molecule has 0 atom stereocenters. The quantitative estimate of drug-likeness (QED) is 0.777. The molecule has 0 saturated carbocycles. The Hall–Kier alpha value is -3.13. The number of rotatable bonds is 3. The number of anilines is 1. The first-order chi connectivity index (χ1) is 10.7. The number of halogens is 1. The molecule has 5 heteroatoms. The smallest absolute Gasteiger partial charge is 0.228 e. The molecule has 108 valence electrons. The summed E-state index contributed by atoms with van der Waals surface area (Å²) in [6.07, 6.45) is 1.69. The van der Waals surface area contributed by atoms with Crippen LogP contribution in [0.25, 0.3) is 10.9 Å². The molecule has 0 radical (unpaired) electrons. The predicted octanol–water partition coefficient (Wildman–Crippen LogP) is 3.36. The third kappa shape index (κ3) is 2.67. The van der Waals surface area contributed by atoms with Crippen LogP contribution in [-0.4, -0.2) is 10.9 Å². The number of H-pyrrole nitrogens is 1. The molecule has 0 aliphatic heterocycles. The summed E-state index contributed by atoms with van der Waals surface area (Å²) in [5, 5.41) is 12.0. The Morgan fingerprint density at radius 2 is 2.09 bits per heavy atom. The van der Waals surface area contributed by atoms with E-state index in [0.717, 1.165) is 0 Å². The van der Waals surface area contributed by atoms with Gasteiger partial charge in [-0.05, 0) is 35.9 Å². The van der Waals surface area contributed by atoms with Gasteiger partial charge in [0.15, 0.2) is 0 Å². The second kappa shape index (κ2) is 5.70. The van der Waals surface area contributed by atoms with Crippen LogP contribution in [0, 0.1) is 17.1 Å². The lowest BCUT2D eigenvalue weighted by molar-refractivity contribution is -0.115. The zero-order chi connectivity index (χ0) is 15.5. The third-order valence-corrected chi connectivity index (χ3v) is 3.36. The number of hydrogen-bond acceptors (Lipinski definition) is 2. The summed E-state index contributed by atoms with van der Waals surface area (Å²) in [7, 11) is 0. The van der Waals surface area contributed by atoms with Crippen molar-refractivity contribution in [2.75, 3.05) is 5.32 Å². The van der Waals surface area contributed by atoms with E-state index >= 15 is 0 Å². The number of hydrogen-bond donors (Lipinski definition) is 2. The van der Waals surface area contributed by atoms with Crippen molar-refractivity contribution < 1.29 is 9.18 Å². The molecule has 0 spiro atoms. The molecule has 2 N–H and O–H groups in total. The maximum absolute atomic E-state index is 13.9. The summed E-state index contributed by atoms with van der Waals surface area (Å²) in [5.41, 5.74) is 2.27. The number of carbonyl (C=O) groups is 1. The fourth-order valence-corrected chi connectivity index (χ4v) is 2.39. The van der Waals surface area contributed by atoms with Gasteiger partial charge in [0.1, 0.15) is 5.82 Å². The summed E-state index contributed by atoms with van der Waals surface area (Å²) >= 11 is 0. The normalized spacial score (nSPS) is 10.4. The van der Waals surface area contributed by atoms with Crippen molar-refractivity contribution in [2.45, 2.75) is 6.42 Å². The van der Waals surface area contributed by atoms with Crippen LogP contribution in [-0.2, 0) is 11.2 Å². The Balaban J connectivity index is 1.80. The summed E-state index contributed by atoms with van der Waals surface area (Å²) in [6, 6.07) is 13.4. The van der Waals surface area contributed by atoms with Gasteiger partial charge in [-0.3, -0.25) is 4.79 Å². The van der Waals surface area contributed by atoms with Gasteiger partial charge >= 0.3 is 0 Å². The Bertz CT molecular complexity index is 892. The average molecular weight is 293 g/mol. The lowest BCUT2D eigenvalue weighted by atomic mass is 10.1. The summed E-state index contributed by atoms with van der Waals surface area (Å²) in [5.74, 6) is -0.618. The van der Waals surface area contributed by atoms with Gasteiger partial charge in [0.2, 0.25) is 5.91 Å². The van der Waals surface area contributed by atoms with Gasteiger partial charge in [-0.25, -0.2) is 4.39 Å². The number of carbonyl (C=O) groups excluding carboxylic acids is 1. The van der Waals surface area contributed by atoms with Gasteiger partial charge in [0, 0.05) is 22.8 Å². The molecule has 3 aromatic rings. The number of amides is 1. The number of aromatic amines is 1. The third-order valence-electron chi connectivity index (χ3n) is 3.36. The van der Waals surface area contributed by atoms with Crippen molar-refractivity contribution >= 4 is 22.5 Å². The largest absolute Gasteiger partial charge is 0.361 e. The molecule has 0 aliphatic carbocycles. The highest BCUT2D eigenvalue weighted by Gasteiger charge is 2.12. The van der Waals surface area contributed by atoms with Crippen LogP contribution in [0.2, 0.25) is 0 Å². The van der Waals surface area contributed by atoms with Crippen LogP contribution >= 0.6 is 0 Å². The number of aromatic nitrogens is 1. The number of nitriles is 1.